The Balaban J connectivity index is 0.000000292. The number of ether oxygens (including phenoxy) is 1. The monoisotopic (exact) mass is 158 g/mol. The maximum absolute atomic E-state index is 10.5. The Morgan fingerprint density at radius 3 is 2.36 bits per heavy atom. The summed E-state index contributed by atoms with van der Waals surface area (Å²) in [6, 6.07) is 0. The Morgan fingerprint density at radius 1 is 1.82 bits per heavy atom. The third-order valence-corrected chi connectivity index (χ3v) is 1.32. The van der Waals surface area contributed by atoms with Gasteiger partial charge in [-0.2, -0.15) is 0 Å². The summed E-state index contributed by atoms with van der Waals surface area (Å²) in [5.41, 5.74) is 0.602. The number of hydrogen-bond acceptors (Lipinski definition) is 3. The minimum absolute atomic E-state index is 0.225. The summed E-state index contributed by atoms with van der Waals surface area (Å²) in [7, 11) is 0. The molecule has 1 N–H and O–H groups in total. The van der Waals surface area contributed by atoms with Gasteiger partial charge >= 0.3 is 5.97 Å². The molecule has 1 atom stereocenters. The standard InChI is InChI=1S/C6H8O2.CH2O2/c1-4-3-8-6(7)5(4)2;2-1-3/h4H,2-3H2,1H3;1H,(H,2,3). The molecule has 1 fully saturated rings. The Kier molecular flexibility index (Phi) is 3.95. The van der Waals surface area contributed by atoms with Crippen molar-refractivity contribution in [2.75, 3.05) is 6.61 Å². The molecule has 1 heterocycles. The van der Waals surface area contributed by atoms with Crippen molar-refractivity contribution in [2.45, 2.75) is 6.92 Å². The quantitative estimate of drug-likeness (QED) is 0.315. The van der Waals surface area contributed by atoms with Gasteiger partial charge in [-0.05, 0) is 0 Å². The highest BCUT2D eigenvalue weighted by atomic mass is 16.5. The highest BCUT2D eigenvalue weighted by Crippen LogP contribution is 2.17. The molecular weight excluding hydrogens is 148 g/mol. The first-order chi connectivity index (χ1) is 5.13. The Morgan fingerprint density at radius 2 is 2.27 bits per heavy atom. The van der Waals surface area contributed by atoms with Crippen molar-refractivity contribution in [1.82, 2.24) is 0 Å². The predicted molar refractivity (Wildman–Crippen MR) is 38.0 cm³/mol. The first-order valence-electron chi connectivity index (χ1n) is 3.07. The average Bonchev–Trinajstić information content (AvgIpc) is 2.22. The van der Waals surface area contributed by atoms with E-state index in [4.69, 9.17) is 9.90 Å². The van der Waals surface area contributed by atoms with Gasteiger partial charge in [0.2, 0.25) is 0 Å². The minimum atomic E-state index is -0.250. The second-order valence-electron chi connectivity index (χ2n) is 2.13. The van der Waals surface area contributed by atoms with Crippen molar-refractivity contribution < 1.29 is 19.4 Å². The van der Waals surface area contributed by atoms with Gasteiger partial charge < -0.3 is 9.84 Å². The predicted octanol–water partition coefficient (Wildman–Crippen LogP) is 0.436. The van der Waals surface area contributed by atoms with Crippen LogP contribution in [0.5, 0.6) is 0 Å². The molecular formula is C7H10O4. The van der Waals surface area contributed by atoms with Crippen molar-refractivity contribution in [3.63, 3.8) is 0 Å². The highest BCUT2D eigenvalue weighted by Gasteiger charge is 2.23. The lowest BCUT2D eigenvalue weighted by Crippen LogP contribution is -1.95. The molecule has 0 aliphatic carbocycles. The molecule has 0 aromatic carbocycles. The van der Waals surface area contributed by atoms with Crippen LogP contribution in [0.15, 0.2) is 12.2 Å². The fraction of sp³-hybridized carbons (Fsp3) is 0.429. The van der Waals surface area contributed by atoms with E-state index in [1.54, 1.807) is 0 Å². The van der Waals surface area contributed by atoms with Gasteiger partial charge in [0, 0.05) is 11.5 Å². The topological polar surface area (TPSA) is 63.6 Å². The van der Waals surface area contributed by atoms with Crippen molar-refractivity contribution in [1.29, 1.82) is 0 Å². The fourth-order valence-electron chi connectivity index (χ4n) is 0.595. The van der Waals surface area contributed by atoms with Gasteiger partial charge in [-0.25, -0.2) is 4.79 Å². The number of rotatable bonds is 0. The summed E-state index contributed by atoms with van der Waals surface area (Å²) in [4.78, 5) is 18.8. The number of carbonyl (C=O) groups excluding carboxylic acids is 1. The van der Waals surface area contributed by atoms with Crippen molar-refractivity contribution in [3.05, 3.63) is 12.2 Å². The number of carboxylic acid groups (broad SMARTS) is 1. The summed E-state index contributed by atoms with van der Waals surface area (Å²) in [5, 5.41) is 6.89. The lowest BCUT2D eigenvalue weighted by atomic mass is 10.1. The lowest BCUT2D eigenvalue weighted by Gasteiger charge is -1.90. The number of hydrogen-bond donors (Lipinski definition) is 1. The van der Waals surface area contributed by atoms with E-state index in [0.29, 0.717) is 12.2 Å². The van der Waals surface area contributed by atoms with Crippen LogP contribution in [0, 0.1) is 5.92 Å². The van der Waals surface area contributed by atoms with Gasteiger partial charge in [0.05, 0.1) is 6.61 Å². The molecule has 0 bridgehead atoms. The van der Waals surface area contributed by atoms with Crippen molar-refractivity contribution in [3.8, 4) is 0 Å². The van der Waals surface area contributed by atoms with Crippen LogP contribution < -0.4 is 0 Å². The third kappa shape index (κ3) is 2.84. The minimum Gasteiger partial charge on any atom is -0.483 e. The molecule has 1 aliphatic heterocycles. The molecule has 0 aromatic heterocycles. The summed E-state index contributed by atoms with van der Waals surface area (Å²) in [6.45, 7) is 5.73. The summed E-state index contributed by atoms with van der Waals surface area (Å²) in [6.07, 6.45) is 0. The van der Waals surface area contributed by atoms with Gasteiger partial charge in [-0.1, -0.05) is 13.5 Å². The molecule has 1 saturated heterocycles. The molecule has 0 amide bonds. The summed E-state index contributed by atoms with van der Waals surface area (Å²) >= 11 is 0. The van der Waals surface area contributed by atoms with Crippen LogP contribution >= 0.6 is 0 Å². The van der Waals surface area contributed by atoms with Crippen LogP contribution in [-0.2, 0) is 14.3 Å². The summed E-state index contributed by atoms with van der Waals surface area (Å²) < 4.78 is 4.64. The van der Waals surface area contributed by atoms with E-state index >= 15 is 0 Å². The zero-order valence-electron chi connectivity index (χ0n) is 6.24. The van der Waals surface area contributed by atoms with E-state index in [2.05, 4.69) is 11.3 Å². The molecule has 0 radical (unpaired) electrons. The maximum Gasteiger partial charge on any atom is 0.333 e. The van der Waals surface area contributed by atoms with Crippen LogP contribution in [-0.4, -0.2) is 24.2 Å². The largest absolute Gasteiger partial charge is 0.483 e. The Bertz CT molecular complexity index is 173. The van der Waals surface area contributed by atoms with E-state index in [1.165, 1.54) is 0 Å². The zero-order valence-corrected chi connectivity index (χ0v) is 6.24. The molecule has 0 spiro atoms. The molecule has 4 nitrogen and oxygen atoms in total. The Labute approximate surface area is 64.5 Å². The van der Waals surface area contributed by atoms with Gasteiger partial charge in [-0.15, -0.1) is 0 Å². The second-order valence-corrected chi connectivity index (χ2v) is 2.13. The van der Waals surface area contributed by atoms with E-state index in [1.807, 2.05) is 6.92 Å². The van der Waals surface area contributed by atoms with Crippen LogP contribution in [0.3, 0.4) is 0 Å². The molecule has 4 heteroatoms. The average molecular weight is 158 g/mol. The summed E-state index contributed by atoms with van der Waals surface area (Å²) in [5.74, 6) is -0.0139. The van der Waals surface area contributed by atoms with Gasteiger partial charge in [0.1, 0.15) is 0 Å². The van der Waals surface area contributed by atoms with E-state index in [0.717, 1.165) is 0 Å². The second kappa shape index (κ2) is 4.49. The number of cyclic esters (lactones) is 1. The van der Waals surface area contributed by atoms with Gasteiger partial charge in [0.15, 0.2) is 0 Å². The molecule has 11 heavy (non-hydrogen) atoms. The van der Waals surface area contributed by atoms with E-state index < -0.39 is 0 Å². The van der Waals surface area contributed by atoms with E-state index in [-0.39, 0.29) is 18.4 Å². The lowest BCUT2D eigenvalue weighted by molar-refractivity contribution is -0.135. The van der Waals surface area contributed by atoms with Crippen molar-refractivity contribution >= 4 is 12.4 Å². The third-order valence-electron chi connectivity index (χ3n) is 1.32. The normalized spacial score (nSPS) is 21.7. The zero-order chi connectivity index (χ0) is 8.85. The van der Waals surface area contributed by atoms with Crippen LogP contribution in [0.2, 0.25) is 0 Å². The highest BCUT2D eigenvalue weighted by molar-refractivity contribution is 5.90. The van der Waals surface area contributed by atoms with E-state index in [9.17, 15) is 4.79 Å². The maximum atomic E-state index is 10.5. The van der Waals surface area contributed by atoms with Gasteiger partial charge in [0.25, 0.3) is 6.47 Å². The fourth-order valence-corrected chi connectivity index (χ4v) is 0.595. The smallest absolute Gasteiger partial charge is 0.333 e. The molecule has 0 saturated carbocycles. The van der Waals surface area contributed by atoms with Crippen LogP contribution in [0.25, 0.3) is 0 Å². The SMILES string of the molecule is C=C1C(=O)OCC1C.O=CO. The molecule has 1 rings (SSSR count). The number of carbonyl (C=O) groups is 2. The van der Waals surface area contributed by atoms with Crippen molar-refractivity contribution in [2.24, 2.45) is 5.92 Å². The molecule has 0 aromatic rings. The molecule has 1 unspecified atom stereocenters. The first kappa shape index (κ1) is 9.68. The first-order valence-corrected chi connectivity index (χ1v) is 3.07. The number of esters is 1. The Hall–Kier alpha value is -1.32. The van der Waals surface area contributed by atoms with Crippen LogP contribution in [0.4, 0.5) is 0 Å². The van der Waals surface area contributed by atoms with Crippen LogP contribution in [0.1, 0.15) is 6.92 Å². The molecule has 62 valence electrons. The van der Waals surface area contributed by atoms with Gasteiger partial charge in [-0.3, -0.25) is 4.79 Å². The molecule has 1 aliphatic rings.